The van der Waals surface area contributed by atoms with Crippen LogP contribution in [0.3, 0.4) is 0 Å². The zero-order chi connectivity index (χ0) is 36.3. The molecule has 0 N–H and O–H groups in total. The molecule has 0 saturated carbocycles. The highest BCUT2D eigenvalue weighted by Gasteiger charge is 2.21. The molecule has 0 unspecified atom stereocenters. The molecule has 0 aliphatic heterocycles. The summed E-state index contributed by atoms with van der Waals surface area (Å²) in [5.74, 6) is 0. The summed E-state index contributed by atoms with van der Waals surface area (Å²) >= 11 is 1.86. The number of rotatable bonds is 6. The van der Waals surface area contributed by atoms with E-state index in [1.54, 1.807) is 0 Å². The third-order valence-corrected chi connectivity index (χ3v) is 12.2. The highest BCUT2D eigenvalue weighted by molar-refractivity contribution is 7.25. The third-order valence-electron chi connectivity index (χ3n) is 11.0. The molecule has 258 valence electrons. The zero-order valence-electron chi connectivity index (χ0n) is 29.9. The Balaban J connectivity index is 1.09. The summed E-state index contributed by atoms with van der Waals surface area (Å²) in [5, 5.41) is 7.56. The minimum atomic E-state index is 1.10. The number of anilines is 3. The Morgan fingerprint density at radius 2 is 0.927 bits per heavy atom. The molecule has 11 aromatic rings. The Kier molecular flexibility index (Phi) is 7.39. The molecule has 0 amide bonds. The number of para-hydroxylation sites is 4. The molecular weight excluding hydrogens is 685 g/mol. The zero-order valence-corrected chi connectivity index (χ0v) is 30.7. The van der Waals surface area contributed by atoms with Crippen LogP contribution in [0.5, 0.6) is 0 Å². The summed E-state index contributed by atoms with van der Waals surface area (Å²) in [5.41, 5.74) is 11.7. The van der Waals surface area contributed by atoms with E-state index in [9.17, 15) is 0 Å². The number of nitrogens with zero attached hydrogens (tertiary/aromatic N) is 2. The van der Waals surface area contributed by atoms with Gasteiger partial charge in [0.1, 0.15) is 0 Å². The van der Waals surface area contributed by atoms with Crippen molar-refractivity contribution < 1.29 is 0 Å². The monoisotopic (exact) mass is 718 g/mol. The van der Waals surface area contributed by atoms with Gasteiger partial charge >= 0.3 is 0 Å². The fourth-order valence-corrected chi connectivity index (χ4v) is 9.59. The number of hydrogen-bond donors (Lipinski definition) is 0. The van der Waals surface area contributed by atoms with E-state index in [0.717, 1.165) is 17.1 Å². The van der Waals surface area contributed by atoms with Crippen LogP contribution in [0.15, 0.2) is 206 Å². The standard InChI is InChI=1S/C52H34N2S/c1-2-16-39-35(14-1)15-13-26-47(39)53(46-22-8-4-18-41(46)37-30-33-52-45(34-37)44-21-7-12-27-51(44)55-52)38-31-28-36(29-32-38)40-17-3-9-23-48(40)54-49-24-10-5-19-42(49)43-20-6-11-25-50(43)54/h1-34H. The summed E-state index contributed by atoms with van der Waals surface area (Å²) in [6.07, 6.45) is 0. The molecule has 0 fully saturated rings. The predicted octanol–water partition coefficient (Wildman–Crippen LogP) is 15.1. The van der Waals surface area contributed by atoms with Crippen LogP contribution in [0.25, 0.3) is 80.7 Å². The molecule has 0 saturated heterocycles. The van der Waals surface area contributed by atoms with E-state index in [1.165, 1.54) is 80.7 Å². The van der Waals surface area contributed by atoms with Crippen molar-refractivity contribution in [1.29, 1.82) is 0 Å². The first-order valence-electron chi connectivity index (χ1n) is 18.8. The molecule has 0 aliphatic carbocycles. The van der Waals surface area contributed by atoms with E-state index >= 15 is 0 Å². The van der Waals surface area contributed by atoms with Gasteiger partial charge in [-0.15, -0.1) is 11.3 Å². The van der Waals surface area contributed by atoms with Crippen LogP contribution >= 0.6 is 11.3 Å². The summed E-state index contributed by atoms with van der Waals surface area (Å²) in [6.45, 7) is 0. The smallest absolute Gasteiger partial charge is 0.0541 e. The Hall–Kier alpha value is -6.94. The van der Waals surface area contributed by atoms with Crippen molar-refractivity contribution in [1.82, 2.24) is 4.57 Å². The van der Waals surface area contributed by atoms with Crippen LogP contribution in [0.4, 0.5) is 17.1 Å². The van der Waals surface area contributed by atoms with Crippen molar-refractivity contribution in [2.24, 2.45) is 0 Å². The lowest BCUT2D eigenvalue weighted by Gasteiger charge is -2.29. The lowest BCUT2D eigenvalue weighted by atomic mass is 9.98. The number of hydrogen-bond acceptors (Lipinski definition) is 2. The maximum Gasteiger partial charge on any atom is 0.0541 e. The topological polar surface area (TPSA) is 8.17 Å². The molecule has 0 radical (unpaired) electrons. The number of aromatic nitrogens is 1. The van der Waals surface area contributed by atoms with Gasteiger partial charge in [0.2, 0.25) is 0 Å². The SMILES string of the molecule is c1ccc(N(c2ccc(-c3ccccc3-n3c4ccccc4c4ccccc43)cc2)c2cccc3ccccc23)c(-c2ccc3sc4ccccc4c3c2)c1. The molecule has 0 bridgehead atoms. The van der Waals surface area contributed by atoms with E-state index in [-0.39, 0.29) is 0 Å². The maximum absolute atomic E-state index is 2.44. The second kappa shape index (κ2) is 12.9. The minimum Gasteiger partial charge on any atom is -0.309 e. The summed E-state index contributed by atoms with van der Waals surface area (Å²) in [6, 6.07) is 75.2. The summed E-state index contributed by atoms with van der Waals surface area (Å²) in [7, 11) is 0. The molecule has 9 aromatic carbocycles. The molecule has 3 heteroatoms. The Morgan fingerprint density at radius 1 is 0.364 bits per heavy atom. The summed E-state index contributed by atoms with van der Waals surface area (Å²) in [4.78, 5) is 2.44. The molecule has 55 heavy (non-hydrogen) atoms. The molecule has 0 spiro atoms. The van der Waals surface area contributed by atoms with Crippen molar-refractivity contribution in [3.8, 4) is 27.9 Å². The van der Waals surface area contributed by atoms with Crippen molar-refractivity contribution in [3.63, 3.8) is 0 Å². The fraction of sp³-hybridized carbons (Fsp3) is 0. The molecule has 2 heterocycles. The van der Waals surface area contributed by atoms with Crippen molar-refractivity contribution >= 4 is 81.1 Å². The quantitative estimate of drug-likeness (QED) is 0.166. The van der Waals surface area contributed by atoms with Crippen LogP contribution in [0.2, 0.25) is 0 Å². The third kappa shape index (κ3) is 5.16. The van der Waals surface area contributed by atoms with E-state index < -0.39 is 0 Å². The van der Waals surface area contributed by atoms with Crippen LogP contribution in [0, 0.1) is 0 Å². The van der Waals surface area contributed by atoms with Gasteiger partial charge in [0, 0.05) is 53.1 Å². The van der Waals surface area contributed by atoms with Gasteiger partial charge in [-0.1, -0.05) is 146 Å². The fourth-order valence-electron chi connectivity index (χ4n) is 8.50. The molecule has 2 aromatic heterocycles. The van der Waals surface area contributed by atoms with Crippen LogP contribution < -0.4 is 4.90 Å². The van der Waals surface area contributed by atoms with Gasteiger partial charge in [-0.25, -0.2) is 0 Å². The number of thiophene rings is 1. The van der Waals surface area contributed by atoms with Crippen LogP contribution in [0.1, 0.15) is 0 Å². The van der Waals surface area contributed by atoms with Gasteiger partial charge < -0.3 is 9.47 Å². The second-order valence-electron chi connectivity index (χ2n) is 14.1. The van der Waals surface area contributed by atoms with Crippen molar-refractivity contribution in [2.45, 2.75) is 0 Å². The van der Waals surface area contributed by atoms with E-state index in [1.807, 2.05) is 11.3 Å². The average Bonchev–Trinajstić information content (AvgIpc) is 3.80. The highest BCUT2D eigenvalue weighted by atomic mass is 32.1. The maximum atomic E-state index is 2.44. The van der Waals surface area contributed by atoms with Crippen LogP contribution in [-0.2, 0) is 0 Å². The van der Waals surface area contributed by atoms with Crippen LogP contribution in [-0.4, -0.2) is 4.57 Å². The van der Waals surface area contributed by atoms with Gasteiger partial charge in [-0.2, -0.15) is 0 Å². The first kappa shape index (κ1) is 31.6. The van der Waals surface area contributed by atoms with E-state index in [2.05, 4.69) is 216 Å². The van der Waals surface area contributed by atoms with Crippen molar-refractivity contribution in [3.05, 3.63) is 206 Å². The molecule has 11 rings (SSSR count). The second-order valence-corrected chi connectivity index (χ2v) is 15.2. The van der Waals surface area contributed by atoms with Gasteiger partial charge in [-0.05, 0) is 77.2 Å². The average molecular weight is 719 g/mol. The van der Waals surface area contributed by atoms with Gasteiger partial charge in [-0.3, -0.25) is 0 Å². The first-order valence-corrected chi connectivity index (χ1v) is 19.6. The number of benzene rings is 9. The van der Waals surface area contributed by atoms with Gasteiger partial charge in [0.15, 0.2) is 0 Å². The minimum absolute atomic E-state index is 1.10. The van der Waals surface area contributed by atoms with E-state index in [4.69, 9.17) is 0 Å². The summed E-state index contributed by atoms with van der Waals surface area (Å²) < 4.78 is 5.05. The Morgan fingerprint density at radius 3 is 1.73 bits per heavy atom. The van der Waals surface area contributed by atoms with Gasteiger partial charge in [0.05, 0.1) is 28.1 Å². The predicted molar refractivity (Wildman–Crippen MR) is 237 cm³/mol. The van der Waals surface area contributed by atoms with Gasteiger partial charge in [0.25, 0.3) is 0 Å². The molecular formula is C52H34N2S. The number of fused-ring (bicyclic) bond motifs is 7. The largest absolute Gasteiger partial charge is 0.309 e. The normalized spacial score (nSPS) is 11.6. The van der Waals surface area contributed by atoms with Crippen molar-refractivity contribution in [2.75, 3.05) is 4.90 Å². The Labute approximate surface area is 323 Å². The molecule has 2 nitrogen and oxygen atoms in total. The Bertz CT molecular complexity index is 3160. The van der Waals surface area contributed by atoms with E-state index in [0.29, 0.717) is 0 Å². The first-order chi connectivity index (χ1) is 27.3. The highest BCUT2D eigenvalue weighted by Crippen LogP contribution is 2.45. The molecule has 0 aliphatic rings. The lowest BCUT2D eigenvalue weighted by molar-refractivity contribution is 1.18. The lowest BCUT2D eigenvalue weighted by Crippen LogP contribution is -2.11. The molecule has 0 atom stereocenters.